The average Bonchev–Trinajstić information content (AvgIpc) is 2.74. The number of aromatic nitrogens is 5. The van der Waals surface area contributed by atoms with Gasteiger partial charge >= 0.3 is 0 Å². The molecule has 74 valence electrons. The number of hydrogen-bond acceptors (Lipinski definition) is 4. The molecule has 0 saturated carbocycles. The van der Waals surface area contributed by atoms with Crippen molar-refractivity contribution in [1.82, 2.24) is 24.5 Å². The Balaban J connectivity index is 1.98. The van der Waals surface area contributed by atoms with E-state index < -0.39 is 0 Å². The minimum atomic E-state index is 0.503. The third kappa shape index (κ3) is 1.92. The predicted molar refractivity (Wildman–Crippen MR) is 54.4 cm³/mol. The number of nitrogens with zero attached hydrogens (tertiary/aromatic N) is 5. The molecule has 2 aromatic rings. The molecule has 2 aromatic heterocycles. The van der Waals surface area contributed by atoms with Gasteiger partial charge in [0, 0.05) is 6.20 Å². The molecule has 0 aliphatic rings. The van der Waals surface area contributed by atoms with Crippen LogP contribution in [-0.2, 0) is 13.1 Å². The second-order valence-electron chi connectivity index (χ2n) is 2.78. The first kappa shape index (κ1) is 9.20. The van der Waals surface area contributed by atoms with Crippen molar-refractivity contribution in [2.45, 2.75) is 13.1 Å². The molecule has 0 spiro atoms. The molecule has 0 aliphatic heterocycles. The summed E-state index contributed by atoms with van der Waals surface area (Å²) >= 11 is 3.29. The van der Waals surface area contributed by atoms with Gasteiger partial charge in [-0.05, 0) is 15.9 Å². The summed E-state index contributed by atoms with van der Waals surface area (Å²) in [5.74, 6) is 0.503. The number of nitrogens with two attached hydrogens (primary N) is 1. The molecular formula is C7H9BrN6. The Kier molecular flexibility index (Phi) is 2.49. The van der Waals surface area contributed by atoms with E-state index in [9.17, 15) is 0 Å². The van der Waals surface area contributed by atoms with Crippen LogP contribution in [0.15, 0.2) is 23.3 Å². The standard InChI is InChI=1S/C7H9BrN6/c8-6-3-13(12-7(6)9)1-2-14-5-10-4-11-14/h3-5H,1-2H2,(H2,9,12). The largest absolute Gasteiger partial charge is 0.381 e. The molecule has 0 aromatic carbocycles. The molecule has 6 nitrogen and oxygen atoms in total. The fraction of sp³-hybridized carbons (Fsp3) is 0.286. The topological polar surface area (TPSA) is 74.5 Å². The van der Waals surface area contributed by atoms with Crippen LogP contribution >= 0.6 is 15.9 Å². The molecule has 0 saturated heterocycles. The summed E-state index contributed by atoms with van der Waals surface area (Å²) in [6.07, 6.45) is 5.02. The first-order chi connectivity index (χ1) is 6.75. The van der Waals surface area contributed by atoms with Gasteiger partial charge in [0.2, 0.25) is 0 Å². The SMILES string of the molecule is Nc1nn(CCn2cncn2)cc1Br. The average molecular weight is 257 g/mol. The quantitative estimate of drug-likeness (QED) is 0.869. The van der Waals surface area contributed by atoms with E-state index in [1.807, 2.05) is 6.20 Å². The highest BCUT2D eigenvalue weighted by molar-refractivity contribution is 9.10. The molecule has 0 aliphatic carbocycles. The van der Waals surface area contributed by atoms with E-state index in [-0.39, 0.29) is 0 Å². The second kappa shape index (κ2) is 3.79. The second-order valence-corrected chi connectivity index (χ2v) is 3.64. The van der Waals surface area contributed by atoms with Crippen LogP contribution in [0.4, 0.5) is 5.82 Å². The Bertz CT molecular complexity index is 386. The molecule has 0 unspecified atom stereocenters. The van der Waals surface area contributed by atoms with Crippen LogP contribution in [0.1, 0.15) is 0 Å². The number of anilines is 1. The Morgan fingerprint density at radius 3 is 2.71 bits per heavy atom. The van der Waals surface area contributed by atoms with Crippen molar-refractivity contribution in [3.8, 4) is 0 Å². The highest BCUT2D eigenvalue weighted by atomic mass is 79.9. The molecule has 2 rings (SSSR count). The number of rotatable bonds is 3. The molecule has 0 bridgehead atoms. The van der Waals surface area contributed by atoms with Crippen LogP contribution in [0.3, 0.4) is 0 Å². The molecule has 14 heavy (non-hydrogen) atoms. The normalized spacial score (nSPS) is 10.6. The van der Waals surface area contributed by atoms with Gasteiger partial charge < -0.3 is 5.73 Å². The number of hydrogen-bond donors (Lipinski definition) is 1. The minimum Gasteiger partial charge on any atom is -0.381 e. The van der Waals surface area contributed by atoms with Crippen molar-refractivity contribution in [2.24, 2.45) is 0 Å². The highest BCUT2D eigenvalue weighted by Gasteiger charge is 2.01. The third-order valence-electron chi connectivity index (χ3n) is 1.77. The van der Waals surface area contributed by atoms with E-state index in [1.165, 1.54) is 6.33 Å². The van der Waals surface area contributed by atoms with Gasteiger partial charge in [-0.3, -0.25) is 9.36 Å². The van der Waals surface area contributed by atoms with Gasteiger partial charge in [-0.15, -0.1) is 0 Å². The zero-order valence-corrected chi connectivity index (χ0v) is 8.92. The lowest BCUT2D eigenvalue weighted by Crippen LogP contribution is -2.08. The molecule has 7 heteroatoms. The monoisotopic (exact) mass is 256 g/mol. The lowest BCUT2D eigenvalue weighted by Gasteiger charge is -2.00. The summed E-state index contributed by atoms with van der Waals surface area (Å²) in [5, 5.41) is 8.08. The first-order valence-corrected chi connectivity index (χ1v) is 4.86. The zero-order chi connectivity index (χ0) is 9.97. The van der Waals surface area contributed by atoms with Crippen LogP contribution < -0.4 is 5.73 Å². The lowest BCUT2D eigenvalue weighted by molar-refractivity contribution is 0.500. The smallest absolute Gasteiger partial charge is 0.159 e. The zero-order valence-electron chi connectivity index (χ0n) is 7.34. The van der Waals surface area contributed by atoms with Crippen molar-refractivity contribution in [3.05, 3.63) is 23.3 Å². The maximum atomic E-state index is 5.58. The minimum absolute atomic E-state index is 0.503. The van der Waals surface area contributed by atoms with E-state index in [0.29, 0.717) is 5.82 Å². The highest BCUT2D eigenvalue weighted by Crippen LogP contribution is 2.15. The van der Waals surface area contributed by atoms with Gasteiger partial charge in [-0.25, -0.2) is 4.98 Å². The molecule has 0 fully saturated rings. The predicted octanol–water partition coefficient (Wildman–Crippen LogP) is 0.519. The van der Waals surface area contributed by atoms with E-state index in [2.05, 4.69) is 31.1 Å². The van der Waals surface area contributed by atoms with E-state index in [1.54, 1.807) is 15.7 Å². The molecule has 0 amide bonds. The first-order valence-electron chi connectivity index (χ1n) is 4.06. The van der Waals surface area contributed by atoms with Gasteiger partial charge in [-0.2, -0.15) is 10.2 Å². The molecule has 2 heterocycles. The van der Waals surface area contributed by atoms with Crippen LogP contribution in [-0.4, -0.2) is 24.5 Å². The van der Waals surface area contributed by atoms with Gasteiger partial charge in [0.1, 0.15) is 12.7 Å². The molecule has 0 radical (unpaired) electrons. The van der Waals surface area contributed by atoms with Gasteiger partial charge in [-0.1, -0.05) is 0 Å². The lowest BCUT2D eigenvalue weighted by atomic mass is 10.6. The van der Waals surface area contributed by atoms with E-state index >= 15 is 0 Å². The van der Waals surface area contributed by atoms with Crippen LogP contribution in [0.5, 0.6) is 0 Å². The summed E-state index contributed by atoms with van der Waals surface area (Å²) in [6, 6.07) is 0. The van der Waals surface area contributed by atoms with Crippen LogP contribution in [0.2, 0.25) is 0 Å². The third-order valence-corrected chi connectivity index (χ3v) is 2.38. The molecule has 2 N–H and O–H groups in total. The summed E-state index contributed by atoms with van der Waals surface area (Å²) in [7, 11) is 0. The van der Waals surface area contributed by atoms with Crippen molar-refractivity contribution < 1.29 is 0 Å². The Morgan fingerprint density at radius 2 is 2.14 bits per heavy atom. The van der Waals surface area contributed by atoms with E-state index in [0.717, 1.165) is 17.6 Å². The fourth-order valence-corrected chi connectivity index (χ4v) is 1.40. The number of nitrogen functional groups attached to an aromatic ring is 1. The fourth-order valence-electron chi connectivity index (χ4n) is 1.08. The van der Waals surface area contributed by atoms with Crippen molar-refractivity contribution >= 4 is 21.7 Å². The van der Waals surface area contributed by atoms with Crippen LogP contribution in [0, 0.1) is 0 Å². The Labute approximate surface area is 88.9 Å². The van der Waals surface area contributed by atoms with E-state index in [4.69, 9.17) is 5.73 Å². The van der Waals surface area contributed by atoms with Gasteiger partial charge in [0.25, 0.3) is 0 Å². The summed E-state index contributed by atoms with van der Waals surface area (Å²) in [4.78, 5) is 3.85. The summed E-state index contributed by atoms with van der Waals surface area (Å²) < 4.78 is 4.32. The Morgan fingerprint density at radius 1 is 1.36 bits per heavy atom. The van der Waals surface area contributed by atoms with Crippen LogP contribution in [0.25, 0.3) is 0 Å². The van der Waals surface area contributed by atoms with Gasteiger partial charge in [0.05, 0.1) is 17.6 Å². The summed E-state index contributed by atoms with van der Waals surface area (Å²) in [5.41, 5.74) is 5.58. The van der Waals surface area contributed by atoms with Crippen molar-refractivity contribution in [1.29, 1.82) is 0 Å². The number of aryl methyl sites for hydroxylation is 2. The summed E-state index contributed by atoms with van der Waals surface area (Å²) in [6.45, 7) is 1.45. The molecular weight excluding hydrogens is 248 g/mol. The maximum Gasteiger partial charge on any atom is 0.159 e. The molecule has 0 atom stereocenters. The van der Waals surface area contributed by atoms with Crippen molar-refractivity contribution in [3.63, 3.8) is 0 Å². The van der Waals surface area contributed by atoms with Gasteiger partial charge in [0.15, 0.2) is 5.82 Å². The Hall–Kier alpha value is -1.37. The van der Waals surface area contributed by atoms with Crippen molar-refractivity contribution in [2.75, 3.05) is 5.73 Å². The number of halogens is 1. The maximum absolute atomic E-state index is 5.58.